The van der Waals surface area contributed by atoms with E-state index in [4.69, 9.17) is 0 Å². The number of carbonyl (C=O) groups is 2. The van der Waals surface area contributed by atoms with E-state index in [2.05, 4.69) is 16.7 Å². The maximum atomic E-state index is 13.0. The van der Waals surface area contributed by atoms with E-state index in [1.807, 2.05) is 13.2 Å². The highest BCUT2D eigenvalue weighted by molar-refractivity contribution is 7.98. The monoisotopic (exact) mass is 521 g/mol. The fourth-order valence-corrected chi connectivity index (χ4v) is 6.55. The Morgan fingerprint density at radius 3 is 2.49 bits per heavy atom. The van der Waals surface area contributed by atoms with Gasteiger partial charge in [0.1, 0.15) is 6.04 Å². The van der Waals surface area contributed by atoms with E-state index in [9.17, 15) is 18.0 Å². The van der Waals surface area contributed by atoms with Crippen LogP contribution in [0.5, 0.6) is 0 Å². The van der Waals surface area contributed by atoms with Crippen molar-refractivity contribution in [3.8, 4) is 0 Å². The molecule has 2 amide bonds. The molecule has 35 heavy (non-hydrogen) atoms. The van der Waals surface area contributed by atoms with Crippen LogP contribution in [-0.2, 0) is 19.6 Å². The molecule has 0 aromatic heterocycles. The molecular formula is C26H39N3O4S2. The zero-order valence-corrected chi connectivity index (χ0v) is 22.6. The quantitative estimate of drug-likeness (QED) is 0.434. The zero-order chi connectivity index (χ0) is 25.3. The van der Waals surface area contributed by atoms with Crippen LogP contribution in [0.2, 0.25) is 0 Å². The van der Waals surface area contributed by atoms with Crippen molar-refractivity contribution in [1.82, 2.24) is 14.9 Å². The molecule has 9 heteroatoms. The molecule has 1 saturated heterocycles. The number of sulfonamides is 1. The highest BCUT2D eigenvalue weighted by Gasteiger charge is 2.33. The molecule has 1 aliphatic heterocycles. The van der Waals surface area contributed by atoms with E-state index in [0.29, 0.717) is 38.9 Å². The van der Waals surface area contributed by atoms with Crippen LogP contribution in [0, 0.1) is 12.8 Å². The molecular weight excluding hydrogens is 482 g/mol. The maximum Gasteiger partial charge on any atom is 0.243 e. The van der Waals surface area contributed by atoms with Gasteiger partial charge in [0.2, 0.25) is 21.8 Å². The average molecular weight is 522 g/mol. The number of hydrogen-bond donors (Lipinski definition) is 2. The predicted molar refractivity (Wildman–Crippen MR) is 142 cm³/mol. The lowest BCUT2D eigenvalue weighted by Gasteiger charge is -2.31. The summed E-state index contributed by atoms with van der Waals surface area (Å²) in [4.78, 5) is 26.1. The van der Waals surface area contributed by atoms with Gasteiger partial charge in [0.05, 0.1) is 4.90 Å². The van der Waals surface area contributed by atoms with E-state index < -0.39 is 16.1 Å². The first-order valence-corrected chi connectivity index (χ1v) is 15.5. The van der Waals surface area contributed by atoms with E-state index in [-0.39, 0.29) is 22.6 Å². The second kappa shape index (κ2) is 13.5. The van der Waals surface area contributed by atoms with Crippen LogP contribution >= 0.6 is 11.8 Å². The van der Waals surface area contributed by atoms with Crippen LogP contribution in [0.3, 0.4) is 0 Å². The van der Waals surface area contributed by atoms with Gasteiger partial charge in [-0.05, 0) is 82.4 Å². The molecule has 0 radical (unpaired) electrons. The molecule has 1 atom stereocenters. The average Bonchev–Trinajstić information content (AvgIpc) is 2.87. The number of rotatable bonds is 11. The van der Waals surface area contributed by atoms with Crippen LogP contribution in [-0.4, -0.2) is 62.2 Å². The van der Waals surface area contributed by atoms with Crippen LogP contribution in [0.4, 0.5) is 0 Å². The molecule has 2 aliphatic rings. The Balaban J connectivity index is 1.50. The van der Waals surface area contributed by atoms with Gasteiger partial charge in [0.15, 0.2) is 0 Å². The molecule has 194 valence electrons. The van der Waals surface area contributed by atoms with Crippen LogP contribution < -0.4 is 10.6 Å². The Morgan fingerprint density at radius 2 is 1.86 bits per heavy atom. The van der Waals surface area contributed by atoms with Gasteiger partial charge in [-0.15, -0.1) is 0 Å². The summed E-state index contributed by atoms with van der Waals surface area (Å²) in [6, 6.07) is 6.27. The van der Waals surface area contributed by atoms with E-state index in [1.165, 1.54) is 22.7 Å². The number of allylic oxidation sites excluding steroid dienone is 1. The maximum absolute atomic E-state index is 13.0. The Bertz CT molecular complexity index is 984. The smallest absolute Gasteiger partial charge is 0.243 e. The van der Waals surface area contributed by atoms with Gasteiger partial charge in [-0.25, -0.2) is 8.42 Å². The largest absolute Gasteiger partial charge is 0.354 e. The molecule has 0 saturated carbocycles. The van der Waals surface area contributed by atoms with Crippen molar-refractivity contribution in [3.05, 3.63) is 41.5 Å². The molecule has 1 fully saturated rings. The molecule has 1 unspecified atom stereocenters. The van der Waals surface area contributed by atoms with Gasteiger partial charge in [0.25, 0.3) is 0 Å². The lowest BCUT2D eigenvalue weighted by molar-refractivity contribution is -0.131. The highest BCUT2D eigenvalue weighted by Crippen LogP contribution is 2.24. The minimum atomic E-state index is -3.57. The minimum Gasteiger partial charge on any atom is -0.354 e. The second-order valence-corrected chi connectivity index (χ2v) is 12.4. The predicted octanol–water partition coefficient (Wildman–Crippen LogP) is 3.64. The van der Waals surface area contributed by atoms with Gasteiger partial charge >= 0.3 is 0 Å². The van der Waals surface area contributed by atoms with Gasteiger partial charge < -0.3 is 10.6 Å². The zero-order valence-electron chi connectivity index (χ0n) is 20.9. The highest BCUT2D eigenvalue weighted by atomic mass is 32.2. The summed E-state index contributed by atoms with van der Waals surface area (Å²) in [6.45, 7) is 3.10. The molecule has 3 rings (SSSR count). The Morgan fingerprint density at radius 1 is 1.14 bits per heavy atom. The number of thioether (sulfide) groups is 1. The van der Waals surface area contributed by atoms with E-state index in [1.54, 1.807) is 36.0 Å². The summed E-state index contributed by atoms with van der Waals surface area (Å²) in [6.07, 6.45) is 11.3. The standard InChI is InChI=1S/C26H39N3O4S2/c1-20-8-10-23(11-9-20)35(32,33)29-17-13-22(14-18-29)25(30)28-24(15-19-34-2)26(31)27-16-12-21-6-4-3-5-7-21/h6,8-11,22,24H,3-5,7,12-19H2,1-2H3,(H,27,31)(H,28,30). The molecule has 0 bridgehead atoms. The van der Waals surface area contributed by atoms with E-state index >= 15 is 0 Å². The van der Waals surface area contributed by atoms with Crippen molar-refractivity contribution in [2.45, 2.75) is 69.2 Å². The molecule has 7 nitrogen and oxygen atoms in total. The first-order chi connectivity index (χ1) is 16.8. The number of amides is 2. The summed E-state index contributed by atoms with van der Waals surface area (Å²) in [5.41, 5.74) is 2.42. The number of nitrogens with zero attached hydrogens (tertiary/aromatic N) is 1. The molecule has 2 N–H and O–H groups in total. The summed E-state index contributed by atoms with van der Waals surface area (Å²) in [7, 11) is -3.57. The van der Waals surface area contributed by atoms with Crippen molar-refractivity contribution < 1.29 is 18.0 Å². The Labute approximate surface area is 214 Å². The first kappa shape index (κ1) is 27.7. The third-order valence-electron chi connectivity index (χ3n) is 6.86. The van der Waals surface area contributed by atoms with Crippen molar-refractivity contribution in [3.63, 3.8) is 0 Å². The number of carbonyl (C=O) groups excluding carboxylic acids is 2. The van der Waals surface area contributed by atoms with E-state index in [0.717, 1.165) is 30.6 Å². The summed E-state index contributed by atoms with van der Waals surface area (Å²) >= 11 is 1.64. The molecule has 1 aromatic rings. The lowest BCUT2D eigenvalue weighted by Crippen LogP contribution is -2.50. The molecule has 1 aromatic carbocycles. The fourth-order valence-electron chi connectivity index (χ4n) is 4.61. The first-order valence-electron chi connectivity index (χ1n) is 12.6. The van der Waals surface area contributed by atoms with Crippen molar-refractivity contribution >= 4 is 33.6 Å². The normalized spacial score (nSPS) is 18.5. The molecule has 0 spiro atoms. The Hall–Kier alpha value is -1.84. The third kappa shape index (κ3) is 8.08. The topological polar surface area (TPSA) is 95.6 Å². The van der Waals surface area contributed by atoms with Crippen molar-refractivity contribution in [2.24, 2.45) is 5.92 Å². The minimum absolute atomic E-state index is 0.136. The lowest BCUT2D eigenvalue weighted by atomic mass is 9.96. The second-order valence-electron chi connectivity index (χ2n) is 9.48. The summed E-state index contributed by atoms with van der Waals surface area (Å²) < 4.78 is 27.3. The van der Waals surface area contributed by atoms with Crippen LogP contribution in [0.1, 0.15) is 56.9 Å². The number of nitrogens with one attached hydrogen (secondary N) is 2. The number of benzene rings is 1. The van der Waals surface area contributed by atoms with Crippen molar-refractivity contribution in [1.29, 1.82) is 0 Å². The molecule has 1 aliphatic carbocycles. The number of piperidine rings is 1. The third-order valence-corrected chi connectivity index (χ3v) is 9.41. The number of hydrogen-bond acceptors (Lipinski definition) is 5. The fraction of sp³-hybridized carbons (Fsp3) is 0.615. The van der Waals surface area contributed by atoms with Crippen LogP contribution in [0.15, 0.2) is 40.8 Å². The Kier molecular flexibility index (Phi) is 10.7. The number of aryl methyl sites for hydroxylation is 1. The van der Waals surface area contributed by atoms with Gasteiger partial charge in [0, 0.05) is 25.6 Å². The molecule has 1 heterocycles. The SMILES string of the molecule is CSCCC(NC(=O)C1CCN(S(=O)(=O)c2ccc(C)cc2)CC1)C(=O)NCCC1=CCCCC1. The summed E-state index contributed by atoms with van der Waals surface area (Å²) in [5.74, 6) is 0.185. The van der Waals surface area contributed by atoms with Crippen LogP contribution in [0.25, 0.3) is 0 Å². The summed E-state index contributed by atoms with van der Waals surface area (Å²) in [5, 5.41) is 5.96. The van der Waals surface area contributed by atoms with Gasteiger partial charge in [-0.2, -0.15) is 16.1 Å². The van der Waals surface area contributed by atoms with Gasteiger partial charge in [-0.3, -0.25) is 9.59 Å². The van der Waals surface area contributed by atoms with Crippen molar-refractivity contribution in [2.75, 3.05) is 31.6 Å². The van der Waals surface area contributed by atoms with Gasteiger partial charge in [-0.1, -0.05) is 29.3 Å².